The van der Waals surface area contributed by atoms with Crippen molar-refractivity contribution in [3.05, 3.63) is 57.7 Å². The first-order chi connectivity index (χ1) is 12.5. The molecular weight excluding hydrogens is 382 g/mol. The zero-order valence-corrected chi connectivity index (χ0v) is 15.1. The molecule has 1 aromatic carbocycles. The van der Waals surface area contributed by atoms with Gasteiger partial charge in [0.1, 0.15) is 0 Å². The van der Waals surface area contributed by atoms with Crippen LogP contribution in [0.1, 0.15) is 5.56 Å². The summed E-state index contributed by atoms with van der Waals surface area (Å²) in [6, 6.07) is 5.11. The Morgan fingerprint density at radius 3 is 2.73 bits per heavy atom. The van der Waals surface area contributed by atoms with Gasteiger partial charge in [0, 0.05) is 34.6 Å². The second-order valence-corrected chi connectivity index (χ2v) is 5.76. The number of rotatable bonds is 8. The summed E-state index contributed by atoms with van der Waals surface area (Å²) in [5.74, 6) is -0.542. The first-order valence-electron chi connectivity index (χ1n) is 7.54. The molecule has 0 fully saturated rings. The molecule has 0 saturated carbocycles. The van der Waals surface area contributed by atoms with Crippen molar-refractivity contribution < 1.29 is 9.50 Å². The van der Waals surface area contributed by atoms with Crippen LogP contribution in [0.25, 0.3) is 0 Å². The number of aliphatic imine (C=N–C) groups is 1. The van der Waals surface area contributed by atoms with Crippen molar-refractivity contribution in [3.8, 4) is 0 Å². The number of hydrogen-bond acceptors (Lipinski definition) is 7. The van der Waals surface area contributed by atoms with E-state index < -0.39 is 5.82 Å². The average Bonchev–Trinajstić information content (AvgIpc) is 2.63. The van der Waals surface area contributed by atoms with Gasteiger partial charge >= 0.3 is 0 Å². The lowest BCUT2D eigenvalue weighted by Gasteiger charge is -2.11. The summed E-state index contributed by atoms with van der Waals surface area (Å²) in [4.78, 5) is 11.8. The molecule has 0 radical (unpaired) electrons. The fraction of sp³-hybridized carbons (Fsp3) is 0.188. The minimum Gasteiger partial charge on any atom is -0.403 e. The van der Waals surface area contributed by atoms with E-state index in [0.29, 0.717) is 21.3 Å². The Labute approximate surface area is 159 Å². The molecule has 0 atom stereocenters. The van der Waals surface area contributed by atoms with Crippen LogP contribution in [0.2, 0.25) is 10.0 Å². The van der Waals surface area contributed by atoms with Gasteiger partial charge in [-0.25, -0.2) is 9.37 Å². The number of allylic oxidation sites excluding steroid dienone is 1. The van der Waals surface area contributed by atoms with Crippen molar-refractivity contribution in [1.82, 2.24) is 9.97 Å². The fourth-order valence-corrected chi connectivity index (χ4v) is 2.42. The Bertz CT molecular complexity index is 795. The summed E-state index contributed by atoms with van der Waals surface area (Å²) >= 11 is 12.2. The van der Waals surface area contributed by atoms with E-state index in [1.165, 1.54) is 12.4 Å². The van der Waals surface area contributed by atoms with Gasteiger partial charge in [0.25, 0.3) is 0 Å². The Balaban J connectivity index is 2.12. The highest BCUT2D eigenvalue weighted by Gasteiger charge is 2.10. The molecule has 0 aliphatic carbocycles. The number of nitrogens with zero attached hydrogens (tertiary/aromatic N) is 3. The van der Waals surface area contributed by atoms with E-state index in [-0.39, 0.29) is 31.5 Å². The van der Waals surface area contributed by atoms with Crippen LogP contribution in [-0.4, -0.2) is 34.4 Å². The first-order valence-corrected chi connectivity index (χ1v) is 8.29. The van der Waals surface area contributed by atoms with Crippen LogP contribution >= 0.6 is 23.2 Å². The fourth-order valence-electron chi connectivity index (χ4n) is 1.89. The molecule has 0 spiro atoms. The van der Waals surface area contributed by atoms with E-state index in [1.54, 1.807) is 18.2 Å². The summed E-state index contributed by atoms with van der Waals surface area (Å²) in [7, 11) is 0. The van der Waals surface area contributed by atoms with Crippen LogP contribution in [0, 0.1) is 5.82 Å². The highest BCUT2D eigenvalue weighted by molar-refractivity contribution is 6.36. The summed E-state index contributed by atoms with van der Waals surface area (Å²) in [6.07, 6.45) is 3.69. The van der Waals surface area contributed by atoms with Crippen LogP contribution in [0.15, 0.2) is 41.3 Å². The third-order valence-electron chi connectivity index (χ3n) is 3.13. The molecule has 1 aromatic heterocycles. The van der Waals surface area contributed by atoms with E-state index in [2.05, 4.69) is 25.6 Å². The zero-order valence-electron chi connectivity index (χ0n) is 13.6. The van der Waals surface area contributed by atoms with Crippen LogP contribution in [0.3, 0.4) is 0 Å². The van der Waals surface area contributed by atoms with E-state index >= 15 is 0 Å². The van der Waals surface area contributed by atoms with Gasteiger partial charge in [-0.05, 0) is 12.1 Å². The maximum absolute atomic E-state index is 14.0. The number of anilines is 2. The third kappa shape index (κ3) is 5.55. The number of aliphatic hydroxyl groups is 1. The Kier molecular flexibility index (Phi) is 7.58. The summed E-state index contributed by atoms with van der Waals surface area (Å²) in [5, 5.41) is 15.3. The predicted molar refractivity (Wildman–Crippen MR) is 102 cm³/mol. The largest absolute Gasteiger partial charge is 0.403 e. The van der Waals surface area contributed by atoms with Crippen molar-refractivity contribution in [2.75, 3.05) is 23.8 Å². The molecule has 0 saturated heterocycles. The Morgan fingerprint density at radius 2 is 2.08 bits per heavy atom. The molecule has 10 heteroatoms. The van der Waals surface area contributed by atoms with Crippen molar-refractivity contribution in [2.24, 2.45) is 10.7 Å². The molecule has 2 aromatic rings. The van der Waals surface area contributed by atoms with Gasteiger partial charge in [-0.1, -0.05) is 29.3 Å². The summed E-state index contributed by atoms with van der Waals surface area (Å²) < 4.78 is 14.0. The molecule has 5 N–H and O–H groups in total. The lowest BCUT2D eigenvalue weighted by atomic mass is 10.2. The van der Waals surface area contributed by atoms with Gasteiger partial charge in [0.15, 0.2) is 11.6 Å². The SMILES string of the molecule is NC=C(C=NCCO)Nc1ncc(F)c(NCc2c(Cl)cccc2Cl)n1. The molecule has 26 heavy (non-hydrogen) atoms. The monoisotopic (exact) mass is 398 g/mol. The van der Waals surface area contributed by atoms with E-state index in [4.69, 9.17) is 34.0 Å². The standard InChI is InChI=1S/C16H17Cl2FN6O/c17-12-2-1-3-13(18)11(12)8-22-15-14(19)9-23-16(25-15)24-10(6-20)7-21-4-5-26/h1-3,6-7,9,26H,4-5,8,20H2,(H2,22,23,24,25). The summed E-state index contributed by atoms with van der Waals surface area (Å²) in [5.41, 5.74) is 6.51. The molecule has 0 unspecified atom stereocenters. The van der Waals surface area contributed by atoms with Crippen molar-refractivity contribution >= 4 is 41.2 Å². The highest BCUT2D eigenvalue weighted by Crippen LogP contribution is 2.25. The van der Waals surface area contributed by atoms with Gasteiger partial charge in [-0.15, -0.1) is 0 Å². The minimum atomic E-state index is -0.633. The molecule has 138 valence electrons. The molecule has 0 aliphatic heterocycles. The maximum Gasteiger partial charge on any atom is 0.229 e. The molecule has 7 nitrogen and oxygen atoms in total. The van der Waals surface area contributed by atoms with Gasteiger partial charge in [-0.2, -0.15) is 4.98 Å². The molecular formula is C16H17Cl2FN6O. The van der Waals surface area contributed by atoms with E-state index in [9.17, 15) is 4.39 Å². The quantitative estimate of drug-likeness (QED) is 0.509. The highest BCUT2D eigenvalue weighted by atomic mass is 35.5. The lowest BCUT2D eigenvalue weighted by molar-refractivity contribution is 0.307. The van der Waals surface area contributed by atoms with Crippen molar-refractivity contribution in [2.45, 2.75) is 6.54 Å². The zero-order chi connectivity index (χ0) is 18.9. The van der Waals surface area contributed by atoms with E-state index in [0.717, 1.165) is 6.20 Å². The number of aromatic nitrogens is 2. The predicted octanol–water partition coefficient (Wildman–Crippen LogP) is 2.81. The van der Waals surface area contributed by atoms with Crippen molar-refractivity contribution in [3.63, 3.8) is 0 Å². The van der Waals surface area contributed by atoms with Crippen LogP contribution in [0.5, 0.6) is 0 Å². The number of nitrogens with two attached hydrogens (primary N) is 1. The van der Waals surface area contributed by atoms with Gasteiger partial charge < -0.3 is 21.5 Å². The normalized spacial score (nSPS) is 11.8. The number of benzene rings is 1. The number of aliphatic hydroxyl groups excluding tert-OH is 1. The van der Waals surface area contributed by atoms with Crippen LogP contribution in [-0.2, 0) is 6.54 Å². The van der Waals surface area contributed by atoms with Crippen LogP contribution < -0.4 is 16.4 Å². The lowest BCUT2D eigenvalue weighted by Crippen LogP contribution is -2.11. The smallest absolute Gasteiger partial charge is 0.229 e. The molecule has 2 rings (SSSR count). The topological polar surface area (TPSA) is 108 Å². The molecule has 1 heterocycles. The average molecular weight is 399 g/mol. The van der Waals surface area contributed by atoms with Gasteiger partial charge in [-0.3, -0.25) is 4.99 Å². The first kappa shape index (κ1) is 19.9. The molecule has 0 bridgehead atoms. The second-order valence-electron chi connectivity index (χ2n) is 4.95. The molecule has 0 amide bonds. The van der Waals surface area contributed by atoms with Crippen molar-refractivity contribution in [1.29, 1.82) is 0 Å². The molecule has 0 aliphatic rings. The van der Waals surface area contributed by atoms with E-state index in [1.807, 2.05) is 0 Å². The maximum atomic E-state index is 14.0. The Morgan fingerprint density at radius 1 is 1.35 bits per heavy atom. The summed E-state index contributed by atoms with van der Waals surface area (Å²) in [6.45, 7) is 0.332. The second kappa shape index (κ2) is 9.91. The number of halogens is 3. The number of nitrogens with one attached hydrogen (secondary N) is 2. The third-order valence-corrected chi connectivity index (χ3v) is 3.84. The van der Waals surface area contributed by atoms with Crippen LogP contribution in [0.4, 0.5) is 16.2 Å². The Hall–Kier alpha value is -2.42. The minimum absolute atomic E-state index is 0.0258. The number of hydrogen-bond donors (Lipinski definition) is 4. The van der Waals surface area contributed by atoms with Gasteiger partial charge in [0.05, 0.1) is 25.0 Å². The van der Waals surface area contributed by atoms with Gasteiger partial charge in [0.2, 0.25) is 5.95 Å².